The third-order valence-corrected chi connectivity index (χ3v) is 4.22. The zero-order valence-corrected chi connectivity index (χ0v) is 15.6. The van der Waals surface area contributed by atoms with Crippen molar-refractivity contribution in [1.82, 2.24) is 20.3 Å². The molecule has 1 aromatic heterocycles. The normalized spacial score (nSPS) is 10.8. The van der Waals surface area contributed by atoms with Crippen molar-refractivity contribution in [3.63, 3.8) is 0 Å². The lowest BCUT2D eigenvalue weighted by Gasteiger charge is -2.10. The van der Waals surface area contributed by atoms with Gasteiger partial charge in [-0.2, -0.15) is 0 Å². The molecule has 7 nitrogen and oxygen atoms in total. The molecule has 0 saturated heterocycles. The third-order valence-electron chi connectivity index (χ3n) is 4.22. The van der Waals surface area contributed by atoms with Gasteiger partial charge in [0, 0.05) is 18.7 Å². The zero-order valence-electron chi connectivity index (χ0n) is 15.6. The maximum atomic E-state index is 12.8. The van der Waals surface area contributed by atoms with Gasteiger partial charge in [-0.1, -0.05) is 65.9 Å². The average molecular weight is 380 g/mol. The molecule has 0 aliphatic rings. The fraction of sp³-hybridized carbons (Fsp3) is 0.286. The number of rotatable bonds is 10. The second-order valence-electron chi connectivity index (χ2n) is 6.20. The smallest absolute Gasteiger partial charge is 0.271 e. The highest BCUT2D eigenvalue weighted by molar-refractivity contribution is 5.98. The van der Waals surface area contributed by atoms with Gasteiger partial charge in [0.15, 0.2) is 5.69 Å². The predicted octanol–water partition coefficient (Wildman–Crippen LogP) is 1.93. The van der Waals surface area contributed by atoms with Crippen LogP contribution in [0.1, 0.15) is 16.1 Å². The number of aryl methyl sites for hydroxylation is 2. The average Bonchev–Trinajstić information content (AvgIpc) is 3.17. The van der Waals surface area contributed by atoms with Crippen LogP contribution in [0.3, 0.4) is 0 Å². The molecule has 1 heterocycles. The Kier molecular flexibility index (Phi) is 7.29. The summed E-state index contributed by atoms with van der Waals surface area (Å²) in [6, 6.07) is 19.6. The highest BCUT2D eigenvalue weighted by Gasteiger charge is 2.21. The Hall–Kier alpha value is -3.03. The minimum atomic E-state index is -0.246. The molecular formula is C21H24N4O3. The summed E-state index contributed by atoms with van der Waals surface area (Å²) in [6.45, 7) is 1.44. The molecule has 28 heavy (non-hydrogen) atoms. The second kappa shape index (κ2) is 10.3. The molecule has 3 aromatic rings. The largest absolute Gasteiger partial charge is 0.394 e. The zero-order chi connectivity index (χ0) is 19.6. The van der Waals surface area contributed by atoms with E-state index in [9.17, 15) is 4.79 Å². The van der Waals surface area contributed by atoms with Gasteiger partial charge >= 0.3 is 0 Å². The van der Waals surface area contributed by atoms with Crippen LogP contribution in [0.25, 0.3) is 11.3 Å². The topological polar surface area (TPSA) is 89.3 Å². The fourth-order valence-corrected chi connectivity index (χ4v) is 2.85. The van der Waals surface area contributed by atoms with E-state index in [2.05, 4.69) is 15.6 Å². The van der Waals surface area contributed by atoms with E-state index in [1.807, 2.05) is 60.7 Å². The summed E-state index contributed by atoms with van der Waals surface area (Å²) in [6.07, 6.45) is 0.748. The molecule has 0 fully saturated rings. The lowest BCUT2D eigenvalue weighted by Crippen LogP contribution is -2.30. The van der Waals surface area contributed by atoms with Crippen LogP contribution in [0.2, 0.25) is 0 Å². The summed E-state index contributed by atoms with van der Waals surface area (Å²) in [4.78, 5) is 12.8. The van der Waals surface area contributed by atoms with E-state index in [0.717, 1.165) is 12.0 Å². The molecular weight excluding hydrogens is 356 g/mol. The lowest BCUT2D eigenvalue weighted by molar-refractivity contribution is 0.0832. The van der Waals surface area contributed by atoms with Gasteiger partial charge in [0.2, 0.25) is 0 Å². The second-order valence-corrected chi connectivity index (χ2v) is 6.20. The van der Waals surface area contributed by atoms with Gasteiger partial charge in [0.05, 0.1) is 19.8 Å². The number of nitrogens with zero attached hydrogens (tertiary/aromatic N) is 3. The number of aliphatic hydroxyl groups is 1. The summed E-state index contributed by atoms with van der Waals surface area (Å²) in [7, 11) is 0. The quantitative estimate of drug-likeness (QED) is 0.525. The molecule has 2 aromatic carbocycles. The highest BCUT2D eigenvalue weighted by Crippen LogP contribution is 2.21. The standard InChI is InChI=1S/C21H24N4O3/c26-14-16-28-15-12-22-21(27)20-19(18-9-5-2-6-10-18)23-24-25(20)13-11-17-7-3-1-4-8-17/h1-10,26H,11-16H2,(H,22,27). The fourth-order valence-electron chi connectivity index (χ4n) is 2.85. The molecule has 0 bridgehead atoms. The molecule has 0 radical (unpaired) electrons. The summed E-state index contributed by atoms with van der Waals surface area (Å²) < 4.78 is 6.85. The van der Waals surface area contributed by atoms with E-state index in [-0.39, 0.29) is 19.1 Å². The van der Waals surface area contributed by atoms with Gasteiger partial charge in [-0.15, -0.1) is 5.10 Å². The number of carbonyl (C=O) groups is 1. The Morgan fingerprint density at radius 3 is 2.46 bits per heavy atom. The van der Waals surface area contributed by atoms with Crippen LogP contribution < -0.4 is 5.32 Å². The highest BCUT2D eigenvalue weighted by atomic mass is 16.5. The van der Waals surface area contributed by atoms with Crippen LogP contribution in [0.5, 0.6) is 0 Å². The number of hydrogen-bond donors (Lipinski definition) is 2. The summed E-state index contributed by atoms with van der Waals surface area (Å²) in [5.41, 5.74) is 3.00. The van der Waals surface area contributed by atoms with Gasteiger partial charge in [0.25, 0.3) is 5.91 Å². The first-order valence-electron chi connectivity index (χ1n) is 9.29. The maximum absolute atomic E-state index is 12.8. The van der Waals surface area contributed by atoms with Crippen molar-refractivity contribution in [3.05, 3.63) is 71.9 Å². The summed E-state index contributed by atoms with van der Waals surface area (Å²) in [5.74, 6) is -0.246. The van der Waals surface area contributed by atoms with Crippen molar-refractivity contribution < 1.29 is 14.6 Å². The van der Waals surface area contributed by atoms with Crippen molar-refractivity contribution in [1.29, 1.82) is 0 Å². The molecule has 0 spiro atoms. The number of amides is 1. The Labute approximate surface area is 164 Å². The van der Waals surface area contributed by atoms with E-state index in [1.165, 1.54) is 5.56 Å². The molecule has 3 rings (SSSR count). The van der Waals surface area contributed by atoms with Crippen molar-refractivity contribution in [2.45, 2.75) is 13.0 Å². The van der Waals surface area contributed by atoms with E-state index in [4.69, 9.17) is 9.84 Å². The molecule has 2 N–H and O–H groups in total. The maximum Gasteiger partial charge on any atom is 0.271 e. The van der Waals surface area contributed by atoms with E-state index >= 15 is 0 Å². The molecule has 0 atom stereocenters. The van der Waals surface area contributed by atoms with E-state index in [1.54, 1.807) is 4.68 Å². The Bertz CT molecular complexity index is 866. The van der Waals surface area contributed by atoms with Gasteiger partial charge in [-0.25, -0.2) is 4.68 Å². The molecule has 1 amide bonds. The van der Waals surface area contributed by atoms with Gasteiger partial charge < -0.3 is 15.2 Å². The number of hydrogen-bond acceptors (Lipinski definition) is 5. The number of carbonyl (C=O) groups excluding carboxylic acids is 1. The van der Waals surface area contributed by atoms with Crippen LogP contribution in [0.4, 0.5) is 0 Å². The Morgan fingerprint density at radius 2 is 1.75 bits per heavy atom. The number of nitrogens with one attached hydrogen (secondary N) is 1. The van der Waals surface area contributed by atoms with Gasteiger partial charge in [-0.3, -0.25) is 4.79 Å². The van der Waals surface area contributed by atoms with Gasteiger partial charge in [0.1, 0.15) is 5.69 Å². The van der Waals surface area contributed by atoms with Crippen LogP contribution in [-0.4, -0.2) is 52.4 Å². The summed E-state index contributed by atoms with van der Waals surface area (Å²) >= 11 is 0. The number of benzene rings is 2. The van der Waals surface area contributed by atoms with E-state index in [0.29, 0.717) is 31.1 Å². The first kappa shape index (κ1) is 19.7. The molecule has 0 aliphatic carbocycles. The minimum Gasteiger partial charge on any atom is -0.394 e. The molecule has 146 valence electrons. The Balaban J connectivity index is 1.77. The SMILES string of the molecule is O=C(NCCOCCO)c1c(-c2ccccc2)nnn1CCc1ccccc1. The predicted molar refractivity (Wildman–Crippen MR) is 106 cm³/mol. The van der Waals surface area contributed by atoms with Crippen LogP contribution in [0, 0.1) is 0 Å². The summed E-state index contributed by atoms with van der Waals surface area (Å²) in [5, 5.41) is 20.1. The third kappa shape index (κ3) is 5.25. The van der Waals surface area contributed by atoms with Gasteiger partial charge in [-0.05, 0) is 12.0 Å². The van der Waals surface area contributed by atoms with Crippen molar-refractivity contribution >= 4 is 5.91 Å². The van der Waals surface area contributed by atoms with Crippen molar-refractivity contribution in [3.8, 4) is 11.3 Å². The van der Waals surface area contributed by atoms with Crippen molar-refractivity contribution in [2.75, 3.05) is 26.4 Å². The number of aromatic nitrogens is 3. The van der Waals surface area contributed by atoms with Crippen LogP contribution in [0.15, 0.2) is 60.7 Å². The Morgan fingerprint density at radius 1 is 1.04 bits per heavy atom. The lowest BCUT2D eigenvalue weighted by atomic mass is 10.1. The number of ether oxygens (including phenoxy) is 1. The molecule has 0 aliphatic heterocycles. The van der Waals surface area contributed by atoms with E-state index < -0.39 is 0 Å². The molecule has 0 saturated carbocycles. The monoisotopic (exact) mass is 380 g/mol. The van der Waals surface area contributed by atoms with Crippen molar-refractivity contribution in [2.24, 2.45) is 0 Å². The molecule has 0 unspecified atom stereocenters. The first-order chi connectivity index (χ1) is 13.8. The first-order valence-corrected chi connectivity index (χ1v) is 9.29. The van der Waals surface area contributed by atoms with Crippen LogP contribution in [-0.2, 0) is 17.7 Å². The molecule has 7 heteroatoms. The van der Waals surface area contributed by atoms with Crippen LogP contribution >= 0.6 is 0 Å². The minimum absolute atomic E-state index is 0.0394. The number of aliphatic hydroxyl groups excluding tert-OH is 1.